The third-order valence-electron chi connectivity index (χ3n) is 2.64. The molecule has 1 aromatic carbocycles. The van der Waals surface area contributed by atoms with E-state index in [2.05, 4.69) is 15.5 Å². The van der Waals surface area contributed by atoms with Crippen molar-refractivity contribution in [2.75, 3.05) is 0 Å². The number of nitrogens with zero attached hydrogens (tertiary/aromatic N) is 3. The average Bonchev–Trinajstić information content (AvgIpc) is 2.98. The summed E-state index contributed by atoms with van der Waals surface area (Å²) >= 11 is 0. The Morgan fingerprint density at radius 3 is 2.55 bits per heavy atom. The number of imidazole rings is 1. The Morgan fingerprint density at radius 2 is 2.00 bits per heavy atom. The Balaban J connectivity index is 2.11. The molecular weight excluding hydrogens is 258 g/mol. The van der Waals surface area contributed by atoms with Crippen molar-refractivity contribution in [2.24, 2.45) is 10.8 Å². The van der Waals surface area contributed by atoms with Crippen LogP contribution in [0.5, 0.6) is 0 Å². The zero-order valence-corrected chi connectivity index (χ0v) is 10.8. The Hall–Kier alpha value is -2.96. The smallest absolute Gasteiger partial charge is 0.329 e. The summed E-state index contributed by atoms with van der Waals surface area (Å²) in [5.41, 5.74) is 9.23. The molecule has 2 amide bonds. The summed E-state index contributed by atoms with van der Waals surface area (Å²) in [5, 5.41) is 3.81. The number of hydrazone groups is 1. The molecule has 1 aromatic heterocycles. The highest BCUT2D eigenvalue weighted by molar-refractivity contribution is 6.34. The number of nitrogens with two attached hydrogens (primary N) is 1. The van der Waals surface area contributed by atoms with Crippen LogP contribution in [-0.2, 0) is 9.59 Å². The number of carbonyl (C=O) groups excluding carboxylic acids is 2. The molecule has 0 radical (unpaired) electrons. The fourth-order valence-corrected chi connectivity index (χ4v) is 1.54. The molecule has 0 saturated carbocycles. The van der Waals surface area contributed by atoms with Crippen molar-refractivity contribution in [2.45, 2.75) is 6.92 Å². The van der Waals surface area contributed by atoms with Crippen LogP contribution in [0, 0.1) is 0 Å². The van der Waals surface area contributed by atoms with Crippen LogP contribution in [0.1, 0.15) is 12.5 Å². The lowest BCUT2D eigenvalue weighted by Gasteiger charge is -2.04. The van der Waals surface area contributed by atoms with Crippen molar-refractivity contribution < 1.29 is 9.59 Å². The Bertz CT molecular complexity index is 644. The second-order valence-electron chi connectivity index (χ2n) is 4.02. The zero-order chi connectivity index (χ0) is 14.5. The summed E-state index contributed by atoms with van der Waals surface area (Å²) in [5.74, 6) is -2.02. The van der Waals surface area contributed by atoms with Crippen molar-refractivity contribution in [3.63, 3.8) is 0 Å². The van der Waals surface area contributed by atoms with Gasteiger partial charge in [-0.15, -0.1) is 0 Å². The minimum atomic E-state index is -1.07. The molecule has 0 saturated heterocycles. The average molecular weight is 271 g/mol. The first-order valence-corrected chi connectivity index (χ1v) is 5.81. The first-order valence-electron chi connectivity index (χ1n) is 5.81. The third kappa shape index (κ3) is 3.08. The van der Waals surface area contributed by atoms with Crippen LogP contribution >= 0.6 is 0 Å². The standard InChI is InChI=1S/C13H13N5O2/c1-9(16-17-13(20)12(14)19)10-2-4-11(5-3-10)18-7-6-15-8-18/h2-8H,1H3,(H2,14,19)(H,17,20)/b16-9+. The molecular formula is C13H13N5O2. The molecule has 2 aromatic rings. The van der Waals surface area contributed by atoms with Gasteiger partial charge in [-0.2, -0.15) is 5.10 Å². The molecule has 20 heavy (non-hydrogen) atoms. The number of hydrogen-bond acceptors (Lipinski definition) is 4. The minimum absolute atomic E-state index is 0.566. The van der Waals surface area contributed by atoms with Gasteiger partial charge >= 0.3 is 11.8 Å². The molecule has 102 valence electrons. The van der Waals surface area contributed by atoms with Crippen molar-refractivity contribution in [3.05, 3.63) is 48.5 Å². The lowest BCUT2D eigenvalue weighted by atomic mass is 10.1. The maximum absolute atomic E-state index is 11.0. The molecule has 1 heterocycles. The van der Waals surface area contributed by atoms with Gasteiger partial charge in [0.1, 0.15) is 0 Å². The number of amides is 2. The lowest BCUT2D eigenvalue weighted by molar-refractivity contribution is -0.137. The Morgan fingerprint density at radius 1 is 1.30 bits per heavy atom. The first-order chi connectivity index (χ1) is 9.58. The number of primary amides is 1. The number of rotatable bonds is 3. The molecule has 7 heteroatoms. The summed E-state index contributed by atoms with van der Waals surface area (Å²) in [4.78, 5) is 25.5. The van der Waals surface area contributed by atoms with Crippen LogP contribution in [0.2, 0.25) is 0 Å². The quantitative estimate of drug-likeness (QED) is 0.473. The maximum Gasteiger partial charge on any atom is 0.329 e. The molecule has 0 bridgehead atoms. The third-order valence-corrected chi connectivity index (χ3v) is 2.64. The number of aromatic nitrogens is 2. The van der Waals surface area contributed by atoms with E-state index in [1.54, 1.807) is 19.4 Å². The molecule has 0 aliphatic heterocycles. The monoisotopic (exact) mass is 271 g/mol. The summed E-state index contributed by atoms with van der Waals surface area (Å²) < 4.78 is 1.87. The summed E-state index contributed by atoms with van der Waals surface area (Å²) in [6.07, 6.45) is 5.23. The highest BCUT2D eigenvalue weighted by Crippen LogP contribution is 2.09. The molecule has 2 rings (SSSR count). The van der Waals surface area contributed by atoms with Gasteiger partial charge in [0.25, 0.3) is 0 Å². The molecule has 7 nitrogen and oxygen atoms in total. The highest BCUT2D eigenvalue weighted by atomic mass is 16.2. The van der Waals surface area contributed by atoms with Crippen LogP contribution < -0.4 is 11.2 Å². The predicted molar refractivity (Wildman–Crippen MR) is 73.1 cm³/mol. The predicted octanol–water partition coefficient (Wildman–Crippen LogP) is 0.198. The van der Waals surface area contributed by atoms with E-state index < -0.39 is 11.8 Å². The number of nitrogens with one attached hydrogen (secondary N) is 1. The van der Waals surface area contributed by atoms with Crippen molar-refractivity contribution >= 4 is 17.5 Å². The van der Waals surface area contributed by atoms with Crippen molar-refractivity contribution in [1.82, 2.24) is 15.0 Å². The van der Waals surface area contributed by atoms with Crippen molar-refractivity contribution in [1.29, 1.82) is 0 Å². The molecule has 0 fully saturated rings. The molecule has 0 aliphatic rings. The Labute approximate surface area is 115 Å². The van der Waals surface area contributed by atoms with Crippen molar-refractivity contribution in [3.8, 4) is 5.69 Å². The van der Waals surface area contributed by atoms with Gasteiger partial charge in [-0.1, -0.05) is 12.1 Å². The van der Waals surface area contributed by atoms with E-state index in [1.807, 2.05) is 35.0 Å². The topological polar surface area (TPSA) is 102 Å². The van der Waals surface area contributed by atoms with Gasteiger partial charge in [0.05, 0.1) is 12.0 Å². The van der Waals surface area contributed by atoms with E-state index >= 15 is 0 Å². The van der Waals surface area contributed by atoms with E-state index in [0.29, 0.717) is 5.71 Å². The summed E-state index contributed by atoms with van der Waals surface area (Å²) in [6, 6.07) is 7.49. The second kappa shape index (κ2) is 5.79. The van der Waals surface area contributed by atoms with Gasteiger partial charge in [-0.05, 0) is 24.6 Å². The van der Waals surface area contributed by atoms with E-state index in [4.69, 9.17) is 5.73 Å². The summed E-state index contributed by atoms with van der Waals surface area (Å²) in [7, 11) is 0. The van der Waals surface area contributed by atoms with Crippen LogP contribution in [0.15, 0.2) is 48.1 Å². The van der Waals surface area contributed by atoms with Crippen LogP contribution in [0.4, 0.5) is 0 Å². The Kier molecular flexibility index (Phi) is 3.90. The fourth-order valence-electron chi connectivity index (χ4n) is 1.54. The van der Waals surface area contributed by atoms with E-state index in [9.17, 15) is 9.59 Å². The van der Waals surface area contributed by atoms with Crippen LogP contribution in [0.25, 0.3) is 5.69 Å². The molecule has 0 spiro atoms. The van der Waals surface area contributed by atoms with Gasteiger partial charge < -0.3 is 10.3 Å². The normalized spacial score (nSPS) is 11.2. The van der Waals surface area contributed by atoms with Gasteiger partial charge in [0.2, 0.25) is 0 Å². The van der Waals surface area contributed by atoms with E-state index in [-0.39, 0.29) is 0 Å². The first kappa shape index (κ1) is 13.5. The maximum atomic E-state index is 11.0. The number of benzene rings is 1. The minimum Gasteiger partial charge on any atom is -0.361 e. The molecule has 0 atom stereocenters. The lowest BCUT2D eigenvalue weighted by Crippen LogP contribution is -2.33. The van der Waals surface area contributed by atoms with Crippen LogP contribution in [0.3, 0.4) is 0 Å². The van der Waals surface area contributed by atoms with Crippen LogP contribution in [-0.4, -0.2) is 27.1 Å². The molecule has 0 unspecified atom stereocenters. The van der Waals surface area contributed by atoms with Gasteiger partial charge in [0, 0.05) is 18.1 Å². The van der Waals surface area contributed by atoms with E-state index in [1.165, 1.54) is 0 Å². The van der Waals surface area contributed by atoms with Gasteiger partial charge in [-0.3, -0.25) is 9.59 Å². The van der Waals surface area contributed by atoms with Gasteiger partial charge in [0.15, 0.2) is 0 Å². The van der Waals surface area contributed by atoms with E-state index in [0.717, 1.165) is 11.3 Å². The van der Waals surface area contributed by atoms with Gasteiger partial charge in [-0.25, -0.2) is 10.4 Å². The fraction of sp³-hybridized carbons (Fsp3) is 0.0769. The molecule has 0 aliphatic carbocycles. The zero-order valence-electron chi connectivity index (χ0n) is 10.8. The second-order valence-corrected chi connectivity index (χ2v) is 4.02. The highest BCUT2D eigenvalue weighted by Gasteiger charge is 2.07. The molecule has 3 N–H and O–H groups in total. The number of carbonyl (C=O) groups is 2. The SMILES string of the molecule is C/C(=N\NC(=O)C(N)=O)c1ccc(-n2ccnc2)cc1. The largest absolute Gasteiger partial charge is 0.361 e. The summed E-state index contributed by atoms with van der Waals surface area (Å²) in [6.45, 7) is 1.72. The number of hydrogen-bond donors (Lipinski definition) is 2.